The fourth-order valence-electron chi connectivity index (χ4n) is 5.36. The molecule has 6 heteroatoms. The first kappa shape index (κ1) is 16.0. The summed E-state index contributed by atoms with van der Waals surface area (Å²) in [4.78, 5) is 25.8. The maximum Gasteiger partial charge on any atom is 0.254 e. The van der Waals surface area contributed by atoms with Crippen molar-refractivity contribution in [2.45, 2.75) is 6.42 Å². The summed E-state index contributed by atoms with van der Waals surface area (Å²) in [5.74, 6) is 1.30. The van der Waals surface area contributed by atoms with Gasteiger partial charge >= 0.3 is 0 Å². The van der Waals surface area contributed by atoms with E-state index in [1.807, 2.05) is 0 Å². The monoisotopic (exact) mass is 376 g/mol. The van der Waals surface area contributed by atoms with Gasteiger partial charge in [0.05, 0.1) is 18.1 Å². The number of allylic oxidation sites excluding steroid dienone is 2. The molecule has 2 saturated carbocycles. The van der Waals surface area contributed by atoms with Crippen molar-refractivity contribution in [3.05, 3.63) is 60.1 Å². The maximum atomic E-state index is 13.1. The van der Waals surface area contributed by atoms with Gasteiger partial charge in [-0.2, -0.15) is 10.1 Å². The van der Waals surface area contributed by atoms with E-state index < -0.39 is 0 Å². The van der Waals surface area contributed by atoms with E-state index in [0.29, 0.717) is 23.4 Å². The van der Waals surface area contributed by atoms with E-state index in [-0.39, 0.29) is 41.3 Å². The van der Waals surface area contributed by atoms with Gasteiger partial charge in [0.1, 0.15) is 17.3 Å². The molecule has 1 aromatic carbocycles. The SMILES string of the molecule is O=C1[C@@H]2[C@H]3C=C[C@@H]([C@@H]4C[C@@H]34)[C@H]2C(=O)N1/N=C\c1ccc(-c2ccc(F)cc2)o1. The highest BCUT2D eigenvalue weighted by atomic mass is 19.1. The molecule has 140 valence electrons. The largest absolute Gasteiger partial charge is 0.455 e. The number of amides is 2. The Morgan fingerprint density at radius 2 is 1.61 bits per heavy atom. The lowest BCUT2D eigenvalue weighted by Crippen LogP contribution is -2.40. The number of rotatable bonds is 3. The van der Waals surface area contributed by atoms with Crippen molar-refractivity contribution in [3.8, 4) is 11.3 Å². The van der Waals surface area contributed by atoms with E-state index >= 15 is 0 Å². The lowest BCUT2D eigenvalue weighted by molar-refractivity contribution is -0.140. The molecule has 6 atom stereocenters. The molecule has 7 rings (SSSR count). The molecule has 0 radical (unpaired) electrons. The van der Waals surface area contributed by atoms with Crippen molar-refractivity contribution >= 4 is 18.0 Å². The lowest BCUT2D eigenvalue weighted by Gasteiger charge is -2.37. The van der Waals surface area contributed by atoms with Crippen molar-refractivity contribution < 1.29 is 18.4 Å². The van der Waals surface area contributed by atoms with Crippen LogP contribution in [0.15, 0.2) is 58.1 Å². The average molecular weight is 376 g/mol. The smallest absolute Gasteiger partial charge is 0.254 e. The van der Waals surface area contributed by atoms with E-state index in [2.05, 4.69) is 17.3 Å². The molecule has 28 heavy (non-hydrogen) atoms. The van der Waals surface area contributed by atoms with Gasteiger partial charge in [-0.1, -0.05) is 12.2 Å². The average Bonchev–Trinajstić information content (AvgIpc) is 3.34. The number of imide groups is 1. The molecular weight excluding hydrogens is 359 g/mol. The van der Waals surface area contributed by atoms with Gasteiger partial charge in [-0.15, -0.1) is 0 Å². The number of carbonyl (C=O) groups excluding carboxylic acids is 2. The van der Waals surface area contributed by atoms with Crippen LogP contribution in [-0.2, 0) is 9.59 Å². The number of benzene rings is 1. The van der Waals surface area contributed by atoms with Crippen molar-refractivity contribution in [3.63, 3.8) is 0 Å². The van der Waals surface area contributed by atoms with Gasteiger partial charge in [0.2, 0.25) is 0 Å². The quantitative estimate of drug-likeness (QED) is 0.468. The minimum Gasteiger partial charge on any atom is -0.455 e. The van der Waals surface area contributed by atoms with Crippen molar-refractivity contribution in [2.75, 3.05) is 0 Å². The second-order valence-corrected chi connectivity index (χ2v) is 8.10. The molecule has 2 heterocycles. The second-order valence-electron chi connectivity index (χ2n) is 8.10. The van der Waals surface area contributed by atoms with Crippen LogP contribution in [0, 0.1) is 41.3 Å². The van der Waals surface area contributed by atoms with Gasteiger partial charge < -0.3 is 4.42 Å². The zero-order chi connectivity index (χ0) is 19.0. The molecule has 2 amide bonds. The number of halogens is 1. The molecule has 1 aliphatic heterocycles. The number of furan rings is 1. The second kappa shape index (κ2) is 5.50. The Morgan fingerprint density at radius 3 is 2.25 bits per heavy atom. The summed E-state index contributed by atoms with van der Waals surface area (Å²) < 4.78 is 18.8. The van der Waals surface area contributed by atoms with Gasteiger partial charge in [-0.25, -0.2) is 4.39 Å². The Labute approximate surface area is 160 Å². The summed E-state index contributed by atoms with van der Waals surface area (Å²) in [6, 6.07) is 9.44. The van der Waals surface area contributed by atoms with Crippen LogP contribution < -0.4 is 0 Å². The molecule has 5 aliphatic rings. The Bertz CT molecular complexity index is 1020. The van der Waals surface area contributed by atoms with Crippen LogP contribution in [0.5, 0.6) is 0 Å². The van der Waals surface area contributed by atoms with Crippen molar-refractivity contribution in [1.82, 2.24) is 5.01 Å². The summed E-state index contributed by atoms with van der Waals surface area (Å²) in [6.07, 6.45) is 6.81. The summed E-state index contributed by atoms with van der Waals surface area (Å²) in [5, 5.41) is 5.20. The third-order valence-electron chi connectivity index (χ3n) is 6.70. The van der Waals surface area contributed by atoms with Crippen LogP contribution in [0.2, 0.25) is 0 Å². The van der Waals surface area contributed by atoms with Gasteiger partial charge in [0, 0.05) is 5.56 Å². The van der Waals surface area contributed by atoms with Crippen LogP contribution in [0.4, 0.5) is 4.39 Å². The summed E-state index contributed by atoms with van der Waals surface area (Å²) >= 11 is 0. The van der Waals surface area contributed by atoms with Crippen LogP contribution in [0.3, 0.4) is 0 Å². The van der Waals surface area contributed by atoms with Gasteiger partial charge in [0.15, 0.2) is 0 Å². The van der Waals surface area contributed by atoms with E-state index in [1.165, 1.54) is 18.3 Å². The third-order valence-corrected chi connectivity index (χ3v) is 6.70. The highest BCUT2D eigenvalue weighted by Gasteiger charge is 2.67. The van der Waals surface area contributed by atoms with Crippen LogP contribution in [0.25, 0.3) is 11.3 Å². The minimum atomic E-state index is -0.314. The fourth-order valence-corrected chi connectivity index (χ4v) is 5.36. The number of nitrogens with zero attached hydrogens (tertiary/aromatic N) is 2. The molecule has 0 N–H and O–H groups in total. The van der Waals surface area contributed by atoms with E-state index in [9.17, 15) is 14.0 Å². The first-order chi connectivity index (χ1) is 13.6. The zero-order valence-corrected chi connectivity index (χ0v) is 14.9. The van der Waals surface area contributed by atoms with E-state index in [0.717, 1.165) is 17.0 Å². The highest BCUT2D eigenvalue weighted by Crippen LogP contribution is 2.65. The Morgan fingerprint density at radius 1 is 0.964 bits per heavy atom. The van der Waals surface area contributed by atoms with Crippen LogP contribution in [-0.4, -0.2) is 23.0 Å². The molecule has 3 fully saturated rings. The van der Waals surface area contributed by atoms with Gasteiger partial charge in [0.25, 0.3) is 11.8 Å². The highest BCUT2D eigenvalue weighted by molar-refractivity contribution is 6.06. The minimum absolute atomic E-state index is 0.186. The normalized spacial score (nSPS) is 35.0. The predicted octanol–water partition coefficient (Wildman–Crippen LogP) is 3.47. The molecule has 4 aliphatic carbocycles. The number of hydrazone groups is 1. The zero-order valence-electron chi connectivity index (χ0n) is 14.9. The summed E-state index contributed by atoms with van der Waals surface area (Å²) in [5.41, 5.74) is 0.738. The Hall–Kier alpha value is -3.02. The molecule has 2 aromatic rings. The van der Waals surface area contributed by atoms with Crippen molar-refractivity contribution in [1.29, 1.82) is 0 Å². The Kier molecular flexibility index (Phi) is 3.14. The van der Waals surface area contributed by atoms with E-state index in [4.69, 9.17) is 4.42 Å². The molecule has 0 unspecified atom stereocenters. The number of hydrogen-bond donors (Lipinski definition) is 0. The molecule has 0 spiro atoms. The van der Waals surface area contributed by atoms with Crippen LogP contribution in [0.1, 0.15) is 12.2 Å². The summed E-state index contributed by atoms with van der Waals surface area (Å²) in [6.45, 7) is 0. The summed E-state index contributed by atoms with van der Waals surface area (Å²) in [7, 11) is 0. The fraction of sp³-hybridized carbons (Fsp3) is 0.318. The molecular formula is C22H17FN2O3. The Balaban J connectivity index is 1.24. The maximum absolute atomic E-state index is 13.1. The van der Waals surface area contributed by atoms with Crippen LogP contribution >= 0.6 is 0 Å². The molecule has 1 saturated heterocycles. The predicted molar refractivity (Wildman–Crippen MR) is 98.2 cm³/mol. The molecule has 1 aromatic heterocycles. The molecule has 2 bridgehead atoms. The third kappa shape index (κ3) is 2.14. The van der Waals surface area contributed by atoms with Gasteiger partial charge in [-0.3, -0.25) is 9.59 Å². The molecule has 5 nitrogen and oxygen atoms in total. The van der Waals surface area contributed by atoms with Gasteiger partial charge in [-0.05, 0) is 66.5 Å². The topological polar surface area (TPSA) is 62.9 Å². The number of hydrogen-bond acceptors (Lipinski definition) is 4. The first-order valence-corrected chi connectivity index (χ1v) is 9.58. The first-order valence-electron chi connectivity index (χ1n) is 9.58. The standard InChI is InChI=1S/C22H17FN2O3/c23-12-3-1-11(2-4-12)18-8-5-13(28-18)10-24-25-21(26)19-14-6-7-15(17-9-16(14)17)20(19)22(25)27/h1-8,10,14-17,19-20H,9H2/b24-10-/t14-,15-,16-,17-,19+,20+/m0/s1. The lowest BCUT2D eigenvalue weighted by atomic mass is 9.63. The number of carbonyl (C=O) groups is 2. The van der Waals surface area contributed by atoms with E-state index in [1.54, 1.807) is 24.3 Å². The van der Waals surface area contributed by atoms with Crippen molar-refractivity contribution in [2.24, 2.45) is 40.6 Å².